The number of carbonyl (C=O) groups excluding carboxylic acids is 1. The van der Waals surface area contributed by atoms with Crippen molar-refractivity contribution in [2.75, 3.05) is 20.8 Å². The molecule has 0 saturated carbocycles. The van der Waals surface area contributed by atoms with Crippen molar-refractivity contribution in [3.63, 3.8) is 0 Å². The minimum absolute atomic E-state index is 0.284. The summed E-state index contributed by atoms with van der Waals surface area (Å²) in [5, 5.41) is 7.99. The molecule has 1 atom stereocenters. The third kappa shape index (κ3) is 3.23. The van der Waals surface area contributed by atoms with Crippen LogP contribution in [0.1, 0.15) is 27.9 Å². The lowest BCUT2D eigenvalue weighted by Gasteiger charge is -2.17. The van der Waals surface area contributed by atoms with E-state index in [-0.39, 0.29) is 17.7 Å². The van der Waals surface area contributed by atoms with E-state index in [9.17, 15) is 4.79 Å². The Labute approximate surface area is 145 Å². The Morgan fingerprint density at radius 3 is 2.80 bits per heavy atom. The Kier molecular flexibility index (Phi) is 4.76. The van der Waals surface area contributed by atoms with Crippen LogP contribution in [0.3, 0.4) is 0 Å². The first-order valence-corrected chi connectivity index (χ1v) is 7.90. The summed E-state index contributed by atoms with van der Waals surface area (Å²) in [6.45, 7) is 2.20. The summed E-state index contributed by atoms with van der Waals surface area (Å²) < 4.78 is 17.9. The zero-order valence-electron chi connectivity index (χ0n) is 14.7. The van der Waals surface area contributed by atoms with Crippen LogP contribution in [-0.2, 0) is 11.8 Å². The summed E-state index contributed by atoms with van der Waals surface area (Å²) >= 11 is 0. The molecule has 25 heavy (non-hydrogen) atoms. The topological polar surface area (TPSA) is 78.5 Å². The average molecular weight is 343 g/mol. The van der Waals surface area contributed by atoms with Crippen molar-refractivity contribution in [2.45, 2.75) is 13.0 Å². The van der Waals surface area contributed by atoms with Crippen LogP contribution in [0.15, 0.2) is 34.9 Å². The zero-order valence-corrected chi connectivity index (χ0v) is 14.7. The minimum atomic E-state index is -0.327. The van der Waals surface area contributed by atoms with E-state index in [2.05, 4.69) is 10.4 Å². The number of ether oxygens (including phenoxy) is 2. The summed E-state index contributed by atoms with van der Waals surface area (Å²) in [7, 11) is 5.00. The maximum Gasteiger partial charge on any atom is 0.287 e. The van der Waals surface area contributed by atoms with Gasteiger partial charge < -0.3 is 19.2 Å². The van der Waals surface area contributed by atoms with E-state index in [1.807, 2.05) is 32.2 Å². The van der Waals surface area contributed by atoms with Gasteiger partial charge in [-0.3, -0.25) is 9.48 Å². The number of benzene rings is 1. The van der Waals surface area contributed by atoms with Gasteiger partial charge in [-0.05, 0) is 25.1 Å². The fourth-order valence-corrected chi connectivity index (χ4v) is 2.87. The predicted octanol–water partition coefficient (Wildman–Crippen LogP) is 2.60. The van der Waals surface area contributed by atoms with Gasteiger partial charge in [-0.25, -0.2) is 0 Å². The van der Waals surface area contributed by atoms with Crippen LogP contribution in [0.2, 0.25) is 0 Å². The Hall–Kier alpha value is -2.80. The molecule has 0 aliphatic carbocycles. The molecule has 7 nitrogen and oxygen atoms in total. The van der Waals surface area contributed by atoms with Crippen LogP contribution in [0, 0.1) is 6.92 Å². The first-order valence-electron chi connectivity index (χ1n) is 7.90. The molecule has 0 aliphatic heterocycles. The quantitative estimate of drug-likeness (QED) is 0.744. The highest BCUT2D eigenvalue weighted by Crippen LogP contribution is 2.29. The van der Waals surface area contributed by atoms with Crippen molar-refractivity contribution < 1.29 is 18.7 Å². The number of nitrogens with zero attached hydrogens (tertiary/aromatic N) is 2. The van der Waals surface area contributed by atoms with Gasteiger partial charge in [0.2, 0.25) is 0 Å². The normalized spacial score (nSPS) is 12.3. The largest absolute Gasteiger partial charge is 0.497 e. The minimum Gasteiger partial charge on any atom is -0.497 e. The molecule has 0 aliphatic rings. The second-order valence-corrected chi connectivity index (χ2v) is 5.78. The highest BCUT2D eigenvalue weighted by atomic mass is 16.5. The summed E-state index contributed by atoms with van der Waals surface area (Å²) in [6.07, 6.45) is 1.68. The monoisotopic (exact) mass is 343 g/mol. The molecule has 3 aromatic rings. The van der Waals surface area contributed by atoms with Gasteiger partial charge in [-0.15, -0.1) is 0 Å². The number of furan rings is 1. The Bertz CT molecular complexity index is 897. The lowest BCUT2D eigenvalue weighted by atomic mass is 10.1. The molecule has 1 N–H and O–H groups in total. The lowest BCUT2D eigenvalue weighted by Crippen LogP contribution is -2.32. The summed E-state index contributed by atoms with van der Waals surface area (Å²) in [6, 6.07) is 7.02. The van der Waals surface area contributed by atoms with Gasteiger partial charge in [0.05, 0.1) is 25.5 Å². The Morgan fingerprint density at radius 1 is 1.36 bits per heavy atom. The number of fused-ring (bicyclic) bond motifs is 1. The van der Waals surface area contributed by atoms with Crippen molar-refractivity contribution in [1.82, 2.24) is 15.1 Å². The number of aromatic nitrogens is 2. The number of amides is 1. The molecule has 3 rings (SSSR count). The van der Waals surface area contributed by atoms with Crippen LogP contribution in [-0.4, -0.2) is 36.5 Å². The molecular weight excluding hydrogens is 322 g/mol. The number of aryl methyl sites for hydroxylation is 2. The molecule has 0 spiro atoms. The average Bonchev–Trinajstić information content (AvgIpc) is 3.17. The van der Waals surface area contributed by atoms with E-state index in [1.165, 1.54) is 0 Å². The van der Waals surface area contributed by atoms with Crippen LogP contribution in [0.25, 0.3) is 11.0 Å². The number of carbonyl (C=O) groups is 1. The van der Waals surface area contributed by atoms with Crippen LogP contribution < -0.4 is 10.1 Å². The first kappa shape index (κ1) is 17.0. The van der Waals surface area contributed by atoms with Crippen molar-refractivity contribution in [1.29, 1.82) is 0 Å². The van der Waals surface area contributed by atoms with Gasteiger partial charge in [0.15, 0.2) is 5.76 Å². The SMILES string of the molecule is COC[C@@H](NC(=O)c1oc2cc(OC)ccc2c1C)c1ccnn1C. The Morgan fingerprint density at radius 2 is 2.16 bits per heavy atom. The molecule has 0 fully saturated rings. The van der Waals surface area contributed by atoms with E-state index in [4.69, 9.17) is 13.9 Å². The molecule has 2 aromatic heterocycles. The third-order valence-corrected chi connectivity index (χ3v) is 4.21. The molecule has 132 valence electrons. The maximum atomic E-state index is 12.8. The molecule has 0 unspecified atom stereocenters. The number of nitrogens with one attached hydrogen (secondary N) is 1. The van der Waals surface area contributed by atoms with Crippen molar-refractivity contribution in [3.05, 3.63) is 47.5 Å². The van der Waals surface area contributed by atoms with Crippen LogP contribution in [0.5, 0.6) is 5.75 Å². The molecule has 0 bridgehead atoms. The lowest BCUT2D eigenvalue weighted by molar-refractivity contribution is 0.0866. The zero-order chi connectivity index (χ0) is 18.0. The van der Waals surface area contributed by atoms with E-state index in [0.717, 1.165) is 16.6 Å². The van der Waals surface area contributed by atoms with E-state index in [0.29, 0.717) is 17.9 Å². The molecular formula is C18H21N3O4. The standard InChI is InChI=1S/C18H21N3O4/c1-11-13-6-5-12(24-4)9-16(13)25-17(11)18(22)20-14(10-23-3)15-7-8-19-21(15)2/h5-9,14H,10H2,1-4H3,(H,20,22)/t14-/m1/s1. The number of hydrogen-bond acceptors (Lipinski definition) is 5. The fourth-order valence-electron chi connectivity index (χ4n) is 2.87. The summed E-state index contributed by atoms with van der Waals surface area (Å²) in [4.78, 5) is 12.8. The van der Waals surface area contributed by atoms with Crippen molar-refractivity contribution in [3.8, 4) is 5.75 Å². The van der Waals surface area contributed by atoms with Crippen molar-refractivity contribution in [2.24, 2.45) is 7.05 Å². The molecule has 1 amide bonds. The van der Waals surface area contributed by atoms with E-state index >= 15 is 0 Å². The highest BCUT2D eigenvalue weighted by Gasteiger charge is 2.23. The van der Waals surface area contributed by atoms with E-state index < -0.39 is 0 Å². The predicted molar refractivity (Wildman–Crippen MR) is 92.8 cm³/mol. The van der Waals surface area contributed by atoms with E-state index in [1.54, 1.807) is 31.2 Å². The molecule has 0 radical (unpaired) electrons. The van der Waals surface area contributed by atoms with Gasteiger partial charge in [0, 0.05) is 37.4 Å². The second-order valence-electron chi connectivity index (χ2n) is 5.78. The van der Waals surface area contributed by atoms with Gasteiger partial charge in [-0.1, -0.05) is 0 Å². The fraction of sp³-hybridized carbons (Fsp3) is 0.333. The highest BCUT2D eigenvalue weighted by molar-refractivity contribution is 5.99. The van der Waals surface area contributed by atoms with Crippen LogP contribution in [0.4, 0.5) is 0 Å². The van der Waals surface area contributed by atoms with Gasteiger partial charge >= 0.3 is 0 Å². The van der Waals surface area contributed by atoms with Crippen molar-refractivity contribution >= 4 is 16.9 Å². The number of rotatable bonds is 6. The van der Waals surface area contributed by atoms with Crippen LogP contribution >= 0.6 is 0 Å². The number of methoxy groups -OCH3 is 2. The maximum absolute atomic E-state index is 12.8. The number of hydrogen-bond donors (Lipinski definition) is 1. The molecule has 2 heterocycles. The summed E-state index contributed by atoms with van der Waals surface area (Å²) in [5.41, 5.74) is 2.26. The molecule has 7 heteroatoms. The molecule has 0 saturated heterocycles. The van der Waals surface area contributed by atoms with Gasteiger partial charge in [0.1, 0.15) is 11.3 Å². The second kappa shape index (κ2) is 6.98. The first-order chi connectivity index (χ1) is 12.0. The molecule has 1 aromatic carbocycles. The third-order valence-electron chi connectivity index (χ3n) is 4.21. The van der Waals surface area contributed by atoms with Gasteiger partial charge in [-0.2, -0.15) is 5.10 Å². The summed E-state index contributed by atoms with van der Waals surface area (Å²) in [5.74, 6) is 0.669. The Balaban J connectivity index is 1.90. The smallest absolute Gasteiger partial charge is 0.287 e. The van der Waals surface area contributed by atoms with Gasteiger partial charge in [0.25, 0.3) is 5.91 Å².